The molecule has 0 aliphatic heterocycles. The van der Waals surface area contributed by atoms with E-state index in [-0.39, 0.29) is 12.5 Å². The van der Waals surface area contributed by atoms with Crippen LogP contribution < -0.4 is 10.6 Å². The maximum absolute atomic E-state index is 12.4. The van der Waals surface area contributed by atoms with E-state index in [1.54, 1.807) is 24.3 Å². The SMILES string of the molecule is COC(=O)c1ccccc1NCC(=O)Nc1c(C)cccc1C(C)C. The number of methoxy groups -OCH3 is 1. The van der Waals surface area contributed by atoms with Crippen molar-refractivity contribution in [2.24, 2.45) is 0 Å². The zero-order valence-corrected chi connectivity index (χ0v) is 15.1. The largest absolute Gasteiger partial charge is 0.465 e. The van der Waals surface area contributed by atoms with Crippen LogP contribution in [-0.4, -0.2) is 25.5 Å². The lowest BCUT2D eigenvalue weighted by atomic mass is 9.98. The monoisotopic (exact) mass is 340 g/mol. The summed E-state index contributed by atoms with van der Waals surface area (Å²) in [6.07, 6.45) is 0. The van der Waals surface area contributed by atoms with Gasteiger partial charge in [0, 0.05) is 11.4 Å². The summed E-state index contributed by atoms with van der Waals surface area (Å²) < 4.78 is 4.76. The van der Waals surface area contributed by atoms with Crippen LogP contribution in [-0.2, 0) is 9.53 Å². The van der Waals surface area contributed by atoms with Gasteiger partial charge in [-0.05, 0) is 36.1 Å². The maximum Gasteiger partial charge on any atom is 0.339 e. The van der Waals surface area contributed by atoms with Crippen molar-refractivity contribution in [3.63, 3.8) is 0 Å². The molecule has 25 heavy (non-hydrogen) atoms. The molecular formula is C20H24N2O3. The van der Waals surface area contributed by atoms with Gasteiger partial charge in [0.1, 0.15) is 0 Å². The average Bonchev–Trinajstić information content (AvgIpc) is 2.61. The number of anilines is 2. The summed E-state index contributed by atoms with van der Waals surface area (Å²) in [5.74, 6) is -0.302. The van der Waals surface area contributed by atoms with E-state index in [0.717, 1.165) is 16.8 Å². The highest BCUT2D eigenvalue weighted by Crippen LogP contribution is 2.27. The van der Waals surface area contributed by atoms with Crippen LogP contribution in [0.4, 0.5) is 11.4 Å². The number of rotatable bonds is 6. The number of hydrogen-bond acceptors (Lipinski definition) is 4. The van der Waals surface area contributed by atoms with Crippen molar-refractivity contribution in [1.82, 2.24) is 0 Å². The number of aryl methyl sites for hydroxylation is 1. The van der Waals surface area contributed by atoms with Crippen molar-refractivity contribution in [3.05, 3.63) is 59.2 Å². The highest BCUT2D eigenvalue weighted by Gasteiger charge is 2.14. The summed E-state index contributed by atoms with van der Waals surface area (Å²) in [7, 11) is 1.33. The Morgan fingerprint density at radius 3 is 2.48 bits per heavy atom. The van der Waals surface area contributed by atoms with Gasteiger partial charge in [-0.1, -0.05) is 44.2 Å². The molecule has 0 aromatic heterocycles. The van der Waals surface area contributed by atoms with Crippen LogP contribution in [0.2, 0.25) is 0 Å². The molecule has 0 unspecified atom stereocenters. The van der Waals surface area contributed by atoms with Crippen molar-refractivity contribution in [1.29, 1.82) is 0 Å². The van der Waals surface area contributed by atoms with Gasteiger partial charge in [0.2, 0.25) is 5.91 Å². The Morgan fingerprint density at radius 1 is 1.08 bits per heavy atom. The minimum atomic E-state index is -0.440. The Bertz CT molecular complexity index is 769. The van der Waals surface area contributed by atoms with Gasteiger partial charge in [0.05, 0.1) is 19.2 Å². The van der Waals surface area contributed by atoms with Gasteiger partial charge >= 0.3 is 5.97 Å². The summed E-state index contributed by atoms with van der Waals surface area (Å²) in [5.41, 5.74) is 3.94. The first-order chi connectivity index (χ1) is 11.9. The van der Waals surface area contributed by atoms with Gasteiger partial charge < -0.3 is 15.4 Å². The number of para-hydroxylation sites is 2. The quantitative estimate of drug-likeness (QED) is 0.781. The fourth-order valence-electron chi connectivity index (χ4n) is 2.63. The molecule has 5 nitrogen and oxygen atoms in total. The fourth-order valence-corrected chi connectivity index (χ4v) is 2.63. The molecule has 0 heterocycles. The zero-order chi connectivity index (χ0) is 18.4. The molecule has 2 aromatic carbocycles. The van der Waals surface area contributed by atoms with E-state index < -0.39 is 5.97 Å². The summed E-state index contributed by atoms with van der Waals surface area (Å²) in [5, 5.41) is 5.98. The molecule has 2 aromatic rings. The molecule has 0 saturated heterocycles. The first-order valence-corrected chi connectivity index (χ1v) is 8.24. The van der Waals surface area contributed by atoms with Gasteiger partial charge in [0.25, 0.3) is 0 Å². The summed E-state index contributed by atoms with van der Waals surface area (Å²) in [6.45, 7) is 6.21. The van der Waals surface area contributed by atoms with E-state index in [9.17, 15) is 9.59 Å². The Labute approximate surface area is 148 Å². The molecule has 0 bridgehead atoms. The van der Waals surface area contributed by atoms with Crippen LogP contribution in [0.1, 0.15) is 41.3 Å². The van der Waals surface area contributed by atoms with Gasteiger partial charge in [-0.15, -0.1) is 0 Å². The van der Waals surface area contributed by atoms with E-state index in [1.807, 2.05) is 25.1 Å². The van der Waals surface area contributed by atoms with Crippen LogP contribution >= 0.6 is 0 Å². The Morgan fingerprint density at radius 2 is 1.80 bits per heavy atom. The van der Waals surface area contributed by atoms with Gasteiger partial charge in [0.15, 0.2) is 0 Å². The summed E-state index contributed by atoms with van der Waals surface area (Å²) in [6, 6.07) is 12.9. The molecule has 0 atom stereocenters. The number of benzene rings is 2. The Kier molecular flexibility index (Phi) is 6.17. The molecule has 0 spiro atoms. The predicted molar refractivity (Wildman–Crippen MR) is 100 cm³/mol. The smallest absolute Gasteiger partial charge is 0.339 e. The standard InChI is InChI=1S/C20H24N2O3/c1-13(2)15-10-7-8-14(3)19(15)22-18(23)12-21-17-11-6-5-9-16(17)20(24)25-4/h5-11,13,21H,12H2,1-4H3,(H,22,23). The lowest BCUT2D eigenvalue weighted by molar-refractivity contribution is -0.114. The fraction of sp³-hybridized carbons (Fsp3) is 0.300. The normalized spacial score (nSPS) is 10.4. The van der Waals surface area contributed by atoms with E-state index in [4.69, 9.17) is 4.74 Å². The second kappa shape index (κ2) is 8.33. The van der Waals surface area contributed by atoms with Crippen molar-refractivity contribution in [2.45, 2.75) is 26.7 Å². The Balaban J connectivity index is 2.09. The molecule has 0 saturated carbocycles. The molecule has 0 aliphatic rings. The lowest BCUT2D eigenvalue weighted by Crippen LogP contribution is -2.24. The van der Waals surface area contributed by atoms with Crippen molar-refractivity contribution in [2.75, 3.05) is 24.3 Å². The lowest BCUT2D eigenvalue weighted by Gasteiger charge is -2.17. The number of carbonyl (C=O) groups is 2. The molecule has 1 amide bonds. The minimum Gasteiger partial charge on any atom is -0.465 e. The first kappa shape index (κ1) is 18.5. The topological polar surface area (TPSA) is 67.4 Å². The van der Waals surface area contributed by atoms with Crippen molar-refractivity contribution < 1.29 is 14.3 Å². The van der Waals surface area contributed by atoms with Crippen molar-refractivity contribution in [3.8, 4) is 0 Å². The maximum atomic E-state index is 12.4. The number of carbonyl (C=O) groups excluding carboxylic acids is 2. The van der Waals surface area contributed by atoms with E-state index in [2.05, 4.69) is 24.5 Å². The first-order valence-electron chi connectivity index (χ1n) is 8.24. The highest BCUT2D eigenvalue weighted by molar-refractivity contribution is 5.98. The second-order valence-corrected chi connectivity index (χ2v) is 6.13. The number of ether oxygens (including phenoxy) is 1. The molecular weight excluding hydrogens is 316 g/mol. The molecule has 0 fully saturated rings. The van der Waals surface area contributed by atoms with Crippen molar-refractivity contribution >= 4 is 23.3 Å². The number of hydrogen-bond donors (Lipinski definition) is 2. The molecule has 2 rings (SSSR count). The number of nitrogens with one attached hydrogen (secondary N) is 2. The van der Waals surface area contributed by atoms with Gasteiger partial charge in [-0.2, -0.15) is 0 Å². The number of esters is 1. The van der Waals surface area contributed by atoms with E-state index in [0.29, 0.717) is 17.2 Å². The third kappa shape index (κ3) is 4.59. The van der Waals surface area contributed by atoms with Crippen LogP contribution in [0.25, 0.3) is 0 Å². The zero-order valence-electron chi connectivity index (χ0n) is 15.1. The minimum absolute atomic E-state index is 0.0554. The summed E-state index contributed by atoms with van der Waals surface area (Å²) in [4.78, 5) is 24.1. The highest BCUT2D eigenvalue weighted by atomic mass is 16.5. The van der Waals surface area contributed by atoms with Crippen LogP contribution in [0.3, 0.4) is 0 Å². The molecule has 132 valence electrons. The van der Waals surface area contributed by atoms with E-state index in [1.165, 1.54) is 7.11 Å². The third-order valence-electron chi connectivity index (χ3n) is 3.96. The number of amides is 1. The third-order valence-corrected chi connectivity index (χ3v) is 3.96. The molecule has 0 radical (unpaired) electrons. The molecule has 2 N–H and O–H groups in total. The van der Waals surface area contributed by atoms with E-state index >= 15 is 0 Å². The summed E-state index contributed by atoms with van der Waals surface area (Å²) >= 11 is 0. The predicted octanol–water partition coefficient (Wildman–Crippen LogP) is 3.96. The van der Waals surface area contributed by atoms with Gasteiger partial charge in [-0.25, -0.2) is 4.79 Å². The average molecular weight is 340 g/mol. The molecule has 5 heteroatoms. The Hall–Kier alpha value is -2.82. The van der Waals surface area contributed by atoms with Crippen LogP contribution in [0.15, 0.2) is 42.5 Å². The van der Waals surface area contributed by atoms with Gasteiger partial charge in [-0.3, -0.25) is 4.79 Å². The molecule has 0 aliphatic carbocycles. The van der Waals surface area contributed by atoms with Crippen LogP contribution in [0, 0.1) is 6.92 Å². The second-order valence-electron chi connectivity index (χ2n) is 6.13. The van der Waals surface area contributed by atoms with Crippen LogP contribution in [0.5, 0.6) is 0 Å².